The van der Waals surface area contributed by atoms with Crippen LogP contribution in [0.25, 0.3) is 214 Å². The third-order valence-corrected chi connectivity index (χ3v) is 27.1. The van der Waals surface area contributed by atoms with Crippen molar-refractivity contribution in [3.05, 3.63) is 442 Å². The molecule has 18 nitrogen and oxygen atoms in total. The predicted octanol–water partition coefficient (Wildman–Crippen LogP) is 30.8. The molecule has 1 fully saturated rings. The Bertz CT molecular complexity index is 8780. The molecule has 7 aromatic heterocycles. The van der Waals surface area contributed by atoms with E-state index in [0.717, 1.165) is 190 Å². The fraction of sp³-hybridized carbons (Fsp3) is 0.0504. The lowest BCUT2D eigenvalue weighted by molar-refractivity contribution is 0.00578. The number of rotatable bonds is 11. The summed E-state index contributed by atoms with van der Waals surface area (Å²) >= 11 is 10.2. The number of aldehydes is 1. The molecule has 0 amide bonds. The number of carbonyl (C=O) groups excluding carboxylic acids is 1. The smallest absolute Gasteiger partial charge is 0.399 e. The van der Waals surface area contributed by atoms with Crippen molar-refractivity contribution in [2.24, 2.45) is 0 Å². The molecule has 22 heteroatoms. The number of nitrogens with two attached hydrogens (primary N) is 1. The molecule has 1 saturated heterocycles. The van der Waals surface area contributed by atoms with Crippen molar-refractivity contribution in [1.82, 2.24) is 54.8 Å². The lowest BCUT2D eigenvalue weighted by Crippen LogP contribution is -2.41. The Kier molecular flexibility index (Phi) is 26.0. The number of halogens is 3. The van der Waals surface area contributed by atoms with Gasteiger partial charge in [0.25, 0.3) is 0 Å². The van der Waals surface area contributed by atoms with Crippen LogP contribution >= 0.6 is 47.8 Å². The lowest BCUT2D eigenvalue weighted by Gasteiger charge is -2.32. The van der Waals surface area contributed by atoms with E-state index in [0.29, 0.717) is 63.3 Å². The number of nitrogen functional groups attached to an aromatic ring is 1. The number of benzene rings is 16. The zero-order chi connectivity index (χ0) is 96.8. The van der Waals surface area contributed by atoms with E-state index in [4.69, 9.17) is 79.6 Å². The van der Waals surface area contributed by atoms with Crippen LogP contribution in [0.2, 0.25) is 0 Å². The second-order valence-electron chi connectivity index (χ2n) is 34.4. The summed E-state index contributed by atoms with van der Waals surface area (Å²) in [5.41, 5.74) is 27.3. The SMILES string of the molecule is CC1(C)OB(c2ccc(-c3ccc(-c4nc(-c5ccccc5)nc(-c5ccccc5)n4)cc3)c3ccccc23)OC1(C)C.Nc1ccc(Br)c2cccnc12.[C-]#[N+]c1ccc(Br)c(C=O)c1.[C-]#[N+]c1ccc2nc3c(cc(-c4ccc(-c5ccc(-c6nc(-c7ccccc7)nc(-c7ccccc7)n6)cc5)c5ccccc45)c4cccnc43)cc2c1.[C-]#[N+]c1ccc2nc3c(cc(Br)c4cccnc43)cc2c1. The first-order valence-corrected chi connectivity index (χ1v) is 47.6. The number of nitrogens with zero attached hydrogens (tertiary/aromatic N) is 14. The van der Waals surface area contributed by atoms with Crippen molar-refractivity contribution in [3.63, 3.8) is 0 Å². The van der Waals surface area contributed by atoms with Crippen molar-refractivity contribution in [2.45, 2.75) is 38.9 Å². The Morgan fingerprint density at radius 3 is 1.09 bits per heavy atom. The van der Waals surface area contributed by atoms with Crippen LogP contribution in [0, 0.1) is 19.7 Å². The summed E-state index contributed by atoms with van der Waals surface area (Å²) < 4.78 is 15.6. The Morgan fingerprint density at radius 1 is 0.291 bits per heavy atom. The van der Waals surface area contributed by atoms with Gasteiger partial charge in [-0.15, -0.1) is 0 Å². The molecule has 23 aromatic rings. The van der Waals surface area contributed by atoms with Crippen molar-refractivity contribution in [2.75, 3.05) is 5.73 Å². The molecule has 24 rings (SSSR count). The van der Waals surface area contributed by atoms with Crippen LogP contribution in [-0.4, -0.2) is 79.4 Å². The van der Waals surface area contributed by atoms with E-state index in [2.05, 4.69) is 252 Å². The Balaban J connectivity index is 0.000000123. The zero-order valence-electron chi connectivity index (χ0n) is 76.3. The number of carbonyl (C=O) groups is 1. The number of hydrogen-bond acceptors (Lipinski definition) is 15. The van der Waals surface area contributed by atoms with Gasteiger partial charge in [0.2, 0.25) is 0 Å². The first-order valence-electron chi connectivity index (χ1n) is 45.2. The van der Waals surface area contributed by atoms with E-state index >= 15 is 0 Å². The van der Waals surface area contributed by atoms with E-state index < -0.39 is 18.3 Å². The summed E-state index contributed by atoms with van der Waals surface area (Å²) in [4.78, 5) is 73.2. The molecule has 0 bridgehead atoms. The average molecular weight is 2020 g/mol. The number of aromatic nitrogens is 11. The third kappa shape index (κ3) is 19.1. The molecular weight excluding hydrogens is 1940 g/mol. The van der Waals surface area contributed by atoms with Crippen LogP contribution in [0.5, 0.6) is 0 Å². The van der Waals surface area contributed by atoms with Gasteiger partial charge in [-0.05, 0) is 184 Å². The summed E-state index contributed by atoms with van der Waals surface area (Å²) in [5.74, 6) is 3.84. The topological polar surface area (TPSA) is 216 Å². The van der Waals surface area contributed by atoms with Crippen LogP contribution in [0.15, 0.2) is 402 Å². The Labute approximate surface area is 837 Å². The van der Waals surface area contributed by atoms with Crippen LogP contribution in [0.1, 0.15) is 38.1 Å². The zero-order valence-corrected chi connectivity index (χ0v) is 81.1. The number of pyridine rings is 5. The molecule has 0 spiro atoms. The highest BCUT2D eigenvalue weighted by Crippen LogP contribution is 2.44. The molecule has 16 aromatic carbocycles. The van der Waals surface area contributed by atoms with E-state index in [9.17, 15) is 4.79 Å². The lowest BCUT2D eigenvalue weighted by atomic mass is 9.75. The summed E-state index contributed by atoms with van der Waals surface area (Å²) in [6, 6.07) is 123. The second kappa shape index (κ2) is 40.0. The molecule has 0 atom stereocenters. The monoisotopic (exact) mass is 2010 g/mol. The molecule has 141 heavy (non-hydrogen) atoms. The summed E-state index contributed by atoms with van der Waals surface area (Å²) in [5, 5.41) is 11.6. The van der Waals surface area contributed by atoms with Gasteiger partial charge in [0, 0.05) is 97.9 Å². The maximum Gasteiger partial charge on any atom is 0.495 e. The molecule has 0 radical (unpaired) electrons. The van der Waals surface area contributed by atoms with Crippen molar-refractivity contribution < 1.29 is 14.1 Å². The maximum atomic E-state index is 10.4. The van der Waals surface area contributed by atoms with E-state index in [1.165, 1.54) is 0 Å². The minimum absolute atomic E-state index is 0.400. The van der Waals surface area contributed by atoms with Crippen LogP contribution in [-0.2, 0) is 9.31 Å². The van der Waals surface area contributed by atoms with Crippen LogP contribution in [0.3, 0.4) is 0 Å². The van der Waals surface area contributed by atoms with Gasteiger partial charge in [-0.3, -0.25) is 19.7 Å². The standard InChI is InChI=1S/C48H28N6.C37H32BN3O2.C17H8BrN3.C9H7BrN2.C8H4BrNO/c1-49-36-22-25-43-34(28-36)27-35-29-42(41-17-10-26-50-45(41)44(35)51-43)40-24-23-37(38-15-8-9-16-39(38)40)30-18-20-33(21-19-30)48-53-46(31-11-4-2-5-12-31)52-47(54-48)32-13-6-3-7-14-32;1-36(2)37(3,4)43-38(42-36)32-24-23-29(30-17-11-12-18-31(30)32)25-19-21-28(22-20-25)35-40-33(26-13-7-5-8-14-26)39-34(41-35)27-15-9-6-10-16-27;1-19-12-4-5-15-10(8-12)7-11-9-14(18)13-3-2-6-20-17(13)16(11)21-15;10-7-3-4-8(11)9-6(7)2-1-5-12-9;1-10-7-2-3-8(9)6(4-7)5-11/h2-29H;5-24H,1-4H3;2-9H;1-5H,11H2;2-5H. The highest BCUT2D eigenvalue weighted by Gasteiger charge is 2.52. The average Bonchev–Trinajstić information content (AvgIpc) is 1.70. The normalized spacial score (nSPS) is 12.3. The van der Waals surface area contributed by atoms with E-state index in [1.807, 2.05) is 200 Å². The number of hydrogen-bond donors (Lipinski definition) is 1. The van der Waals surface area contributed by atoms with Gasteiger partial charge in [-0.1, -0.05) is 333 Å². The van der Waals surface area contributed by atoms with Crippen LogP contribution in [0.4, 0.5) is 22.7 Å². The number of anilines is 1. The fourth-order valence-electron chi connectivity index (χ4n) is 17.2. The molecular formula is C119H79BBr3N15O3. The first kappa shape index (κ1) is 91.7. The van der Waals surface area contributed by atoms with Crippen molar-refractivity contribution in [3.8, 4) is 102 Å². The van der Waals surface area contributed by atoms with Gasteiger partial charge in [-0.2, -0.15) is 0 Å². The van der Waals surface area contributed by atoms with Crippen LogP contribution < -0.4 is 11.2 Å². The third-order valence-electron chi connectivity index (χ3n) is 25.1. The van der Waals surface area contributed by atoms with Gasteiger partial charge in [0.15, 0.2) is 52.0 Å². The summed E-state index contributed by atoms with van der Waals surface area (Å²) in [6.07, 6.45) is 6.07. The highest BCUT2D eigenvalue weighted by molar-refractivity contribution is 9.11. The minimum Gasteiger partial charge on any atom is -0.399 e. The maximum absolute atomic E-state index is 10.4. The molecule has 2 N–H and O–H groups in total. The summed E-state index contributed by atoms with van der Waals surface area (Å²) in [6.45, 7) is 29.6. The largest absolute Gasteiger partial charge is 0.495 e. The predicted molar refractivity (Wildman–Crippen MR) is 582 cm³/mol. The van der Waals surface area contributed by atoms with E-state index in [-0.39, 0.29) is 0 Å². The highest BCUT2D eigenvalue weighted by atomic mass is 79.9. The quantitative estimate of drug-likeness (QED) is 0.0318. The molecule has 1 aliphatic rings. The first-order chi connectivity index (χ1) is 68.8. The number of fused-ring (bicyclic) bond motifs is 11. The summed E-state index contributed by atoms with van der Waals surface area (Å²) in [7, 11) is -0.423. The van der Waals surface area contributed by atoms with Gasteiger partial charge in [0.1, 0.15) is 6.29 Å². The minimum atomic E-state index is -0.423. The van der Waals surface area contributed by atoms with Crippen molar-refractivity contribution >= 4 is 187 Å². The van der Waals surface area contributed by atoms with Gasteiger partial charge in [0.05, 0.1) is 75.2 Å². The molecule has 0 unspecified atom stereocenters. The van der Waals surface area contributed by atoms with Gasteiger partial charge in [-0.25, -0.2) is 54.4 Å². The van der Waals surface area contributed by atoms with Gasteiger partial charge >= 0.3 is 7.12 Å². The van der Waals surface area contributed by atoms with E-state index in [1.54, 1.807) is 36.7 Å². The Hall–Kier alpha value is -17.0. The second-order valence-corrected chi connectivity index (χ2v) is 37.0. The van der Waals surface area contributed by atoms with Gasteiger partial charge < -0.3 is 15.0 Å². The molecule has 0 saturated carbocycles. The molecule has 1 aliphatic heterocycles. The molecule has 672 valence electrons. The molecule has 8 heterocycles. The van der Waals surface area contributed by atoms with Crippen molar-refractivity contribution in [1.29, 1.82) is 0 Å². The Morgan fingerprint density at radius 2 is 0.638 bits per heavy atom. The fourth-order valence-corrected chi connectivity index (χ4v) is 18.6. The molecule has 0 aliphatic carbocycles.